The molecule has 1 saturated carbocycles. The second-order valence-corrected chi connectivity index (χ2v) is 10.2. The predicted octanol–water partition coefficient (Wildman–Crippen LogP) is 4.60. The van der Waals surface area contributed by atoms with Crippen molar-refractivity contribution in [1.29, 1.82) is 0 Å². The van der Waals surface area contributed by atoms with Gasteiger partial charge in [-0.3, -0.25) is 4.79 Å². The highest BCUT2D eigenvalue weighted by Gasteiger charge is 2.43. The van der Waals surface area contributed by atoms with Crippen LogP contribution >= 0.6 is 11.6 Å². The van der Waals surface area contributed by atoms with Gasteiger partial charge in [-0.2, -0.15) is 23.0 Å². The monoisotopic (exact) mass is 511 g/mol. The molecule has 1 aromatic carbocycles. The molecule has 0 bridgehead atoms. The lowest BCUT2D eigenvalue weighted by Gasteiger charge is -2.24. The molecule has 1 aliphatic heterocycles. The molecule has 2 fully saturated rings. The van der Waals surface area contributed by atoms with Gasteiger partial charge in [0.2, 0.25) is 5.91 Å². The van der Waals surface area contributed by atoms with Crippen LogP contribution in [0.25, 0.3) is 0 Å². The van der Waals surface area contributed by atoms with Crippen LogP contribution in [0.4, 0.5) is 23.7 Å². The SMILES string of the molecule is CC(=O)N(C)c1cnn(C(=O)N2CC3CC(CN(C)Cc4cc(C(F)(F)F)ccc4Cl)C[C@H]3C2)c1. The third-order valence-electron chi connectivity index (χ3n) is 7.13. The van der Waals surface area contributed by atoms with Crippen LogP contribution in [-0.2, 0) is 17.5 Å². The number of amides is 2. The number of fused-ring (bicyclic) bond motifs is 1. The van der Waals surface area contributed by atoms with Gasteiger partial charge < -0.3 is 14.7 Å². The second kappa shape index (κ2) is 9.81. The quantitative estimate of drug-likeness (QED) is 0.589. The van der Waals surface area contributed by atoms with Crippen molar-refractivity contribution in [2.75, 3.05) is 38.6 Å². The van der Waals surface area contributed by atoms with Crippen molar-refractivity contribution in [3.05, 3.63) is 46.7 Å². The molecule has 0 spiro atoms. The fraction of sp³-hybridized carbons (Fsp3) is 0.542. The largest absolute Gasteiger partial charge is 0.416 e. The molecule has 3 atom stereocenters. The number of hydrogen-bond donors (Lipinski definition) is 0. The van der Waals surface area contributed by atoms with Gasteiger partial charge in [0.1, 0.15) is 0 Å². The van der Waals surface area contributed by atoms with Crippen molar-refractivity contribution in [3.63, 3.8) is 0 Å². The van der Waals surface area contributed by atoms with Crippen molar-refractivity contribution < 1.29 is 22.8 Å². The van der Waals surface area contributed by atoms with Crippen LogP contribution in [0.5, 0.6) is 0 Å². The molecule has 7 nitrogen and oxygen atoms in total. The Morgan fingerprint density at radius 2 is 1.83 bits per heavy atom. The van der Waals surface area contributed by atoms with Gasteiger partial charge in [0.25, 0.3) is 0 Å². The second-order valence-electron chi connectivity index (χ2n) is 9.77. The van der Waals surface area contributed by atoms with E-state index in [1.54, 1.807) is 13.2 Å². The van der Waals surface area contributed by atoms with Gasteiger partial charge in [0, 0.05) is 45.2 Å². The zero-order valence-electron chi connectivity index (χ0n) is 19.9. The average Bonchev–Trinajstić information content (AvgIpc) is 3.48. The lowest BCUT2D eigenvalue weighted by Crippen LogP contribution is -2.34. The number of alkyl halides is 3. The number of carbonyl (C=O) groups is 2. The van der Waals surface area contributed by atoms with Gasteiger partial charge in [0.15, 0.2) is 0 Å². The number of nitrogens with zero attached hydrogens (tertiary/aromatic N) is 5. The van der Waals surface area contributed by atoms with Gasteiger partial charge in [-0.1, -0.05) is 11.6 Å². The minimum atomic E-state index is -4.40. The van der Waals surface area contributed by atoms with Crippen LogP contribution in [0.2, 0.25) is 5.02 Å². The Hall–Kier alpha value is -2.59. The van der Waals surface area contributed by atoms with Crippen LogP contribution in [0.3, 0.4) is 0 Å². The summed E-state index contributed by atoms with van der Waals surface area (Å²) in [6.07, 6.45) is 0.595. The fourth-order valence-electron chi connectivity index (χ4n) is 5.32. The highest BCUT2D eigenvalue weighted by Crippen LogP contribution is 2.42. The minimum Gasteiger partial charge on any atom is -0.322 e. The zero-order valence-corrected chi connectivity index (χ0v) is 20.7. The molecule has 190 valence electrons. The maximum Gasteiger partial charge on any atom is 0.416 e. The molecule has 1 aliphatic carbocycles. The molecule has 2 amide bonds. The van der Waals surface area contributed by atoms with E-state index in [2.05, 4.69) is 5.10 Å². The van der Waals surface area contributed by atoms with Gasteiger partial charge in [-0.15, -0.1) is 0 Å². The molecular weight excluding hydrogens is 483 g/mol. The molecule has 2 unspecified atom stereocenters. The molecule has 4 rings (SSSR count). The summed E-state index contributed by atoms with van der Waals surface area (Å²) < 4.78 is 40.4. The molecule has 2 aliphatic rings. The third-order valence-corrected chi connectivity index (χ3v) is 7.50. The van der Waals surface area contributed by atoms with E-state index in [-0.39, 0.29) is 11.9 Å². The number of hydrogen-bond acceptors (Lipinski definition) is 4. The third kappa shape index (κ3) is 5.64. The molecule has 1 aromatic heterocycles. The van der Waals surface area contributed by atoms with E-state index in [0.717, 1.165) is 31.5 Å². The molecular formula is C24H29ClF3N5O2. The first-order chi connectivity index (χ1) is 16.4. The topological polar surface area (TPSA) is 61.7 Å². The van der Waals surface area contributed by atoms with Gasteiger partial charge >= 0.3 is 12.2 Å². The molecule has 11 heteroatoms. The van der Waals surface area contributed by atoms with E-state index < -0.39 is 11.7 Å². The van der Waals surface area contributed by atoms with E-state index in [1.807, 2.05) is 16.8 Å². The Bertz CT molecular complexity index is 1090. The van der Waals surface area contributed by atoms with Crippen molar-refractivity contribution >= 4 is 29.2 Å². The van der Waals surface area contributed by atoms with Crippen LogP contribution in [0.1, 0.15) is 30.9 Å². The molecule has 35 heavy (non-hydrogen) atoms. The number of benzene rings is 1. The summed E-state index contributed by atoms with van der Waals surface area (Å²) in [5.41, 5.74) is 0.338. The lowest BCUT2D eigenvalue weighted by molar-refractivity contribution is -0.137. The Morgan fingerprint density at radius 3 is 2.43 bits per heavy atom. The van der Waals surface area contributed by atoms with Crippen LogP contribution in [0, 0.1) is 17.8 Å². The number of rotatable bonds is 5. The molecule has 0 radical (unpaired) electrons. The summed E-state index contributed by atoms with van der Waals surface area (Å²) in [5.74, 6) is 1.06. The number of halogens is 4. The highest BCUT2D eigenvalue weighted by molar-refractivity contribution is 6.31. The lowest BCUT2D eigenvalue weighted by atomic mass is 10.0. The fourth-order valence-corrected chi connectivity index (χ4v) is 5.49. The van der Waals surface area contributed by atoms with Crippen molar-refractivity contribution in [2.45, 2.75) is 32.5 Å². The smallest absolute Gasteiger partial charge is 0.322 e. The van der Waals surface area contributed by atoms with E-state index in [4.69, 9.17) is 11.6 Å². The van der Waals surface area contributed by atoms with E-state index in [0.29, 0.717) is 53.7 Å². The predicted molar refractivity (Wildman–Crippen MR) is 126 cm³/mol. The van der Waals surface area contributed by atoms with Crippen LogP contribution in [-0.4, -0.2) is 65.2 Å². The standard InChI is InChI=1S/C24H29ClF3N5O2/c1-15(34)31(3)21-9-29-33(14-21)23(35)32-12-17-6-16(7-18(17)13-32)10-30(2)11-19-8-20(24(26,27)28)4-5-22(19)25/h4-5,8-9,14,16-18H,6-7,10-13H2,1-3H3/t16?,17-,18?/m0/s1. The maximum atomic E-state index is 13.1. The average molecular weight is 512 g/mol. The Balaban J connectivity index is 1.30. The Kier molecular flexibility index (Phi) is 7.15. The first-order valence-corrected chi connectivity index (χ1v) is 11.9. The van der Waals surface area contributed by atoms with Gasteiger partial charge in [-0.25, -0.2) is 4.79 Å². The highest BCUT2D eigenvalue weighted by atomic mass is 35.5. The first kappa shape index (κ1) is 25.5. The van der Waals surface area contributed by atoms with Crippen molar-refractivity contribution in [1.82, 2.24) is 19.6 Å². The van der Waals surface area contributed by atoms with Crippen molar-refractivity contribution in [2.24, 2.45) is 17.8 Å². The number of carbonyl (C=O) groups excluding carboxylic acids is 2. The van der Waals surface area contributed by atoms with Gasteiger partial charge in [-0.05, 0) is 61.4 Å². The first-order valence-electron chi connectivity index (χ1n) is 11.5. The number of likely N-dealkylation sites (tertiary alicyclic amines) is 1. The van der Waals surface area contributed by atoms with E-state index in [9.17, 15) is 22.8 Å². The number of anilines is 1. The normalized spacial score (nSPS) is 22.1. The van der Waals surface area contributed by atoms with Crippen LogP contribution < -0.4 is 4.90 Å². The van der Waals surface area contributed by atoms with Crippen LogP contribution in [0.15, 0.2) is 30.6 Å². The molecule has 2 aromatic rings. The summed E-state index contributed by atoms with van der Waals surface area (Å²) >= 11 is 6.16. The van der Waals surface area contributed by atoms with Gasteiger partial charge in [0.05, 0.1) is 23.6 Å². The summed E-state index contributed by atoms with van der Waals surface area (Å²) in [5, 5.41) is 4.46. The van der Waals surface area contributed by atoms with E-state index in [1.165, 1.54) is 28.8 Å². The Morgan fingerprint density at radius 1 is 1.17 bits per heavy atom. The molecule has 1 saturated heterocycles. The summed E-state index contributed by atoms with van der Waals surface area (Å²) in [7, 11) is 3.53. The summed E-state index contributed by atoms with van der Waals surface area (Å²) in [6, 6.07) is 3.23. The Labute approximate surface area is 207 Å². The van der Waals surface area contributed by atoms with E-state index >= 15 is 0 Å². The molecule has 0 N–H and O–H groups in total. The maximum absolute atomic E-state index is 13.1. The summed E-state index contributed by atoms with van der Waals surface area (Å²) in [4.78, 5) is 29.7. The minimum absolute atomic E-state index is 0.140. The zero-order chi connectivity index (χ0) is 25.5. The number of aromatic nitrogens is 2. The molecule has 2 heterocycles. The van der Waals surface area contributed by atoms with Crippen molar-refractivity contribution in [3.8, 4) is 0 Å². The summed E-state index contributed by atoms with van der Waals surface area (Å²) in [6.45, 7) is 3.85.